The normalized spacial score (nSPS) is 13.8. The largest absolute Gasteiger partial charge is 0.494 e. The molecule has 1 saturated carbocycles. The molecule has 0 N–H and O–H groups in total. The number of hydrogen-bond donors (Lipinski definition) is 0. The van der Waals surface area contributed by atoms with Crippen LogP contribution in [-0.4, -0.2) is 24.6 Å². The maximum atomic E-state index is 12.7. The maximum Gasteiger partial charge on any atom is 0.343 e. The third kappa shape index (κ3) is 9.25. The Morgan fingerprint density at radius 1 is 0.625 bits per heavy atom. The first-order valence-corrected chi connectivity index (χ1v) is 15.0. The van der Waals surface area contributed by atoms with Gasteiger partial charge >= 0.3 is 11.9 Å². The highest BCUT2D eigenvalue weighted by molar-refractivity contribution is 5.92. The van der Waals surface area contributed by atoms with E-state index in [9.17, 15) is 9.59 Å². The number of carbonyl (C=O) groups excluding carboxylic acids is 2. The van der Waals surface area contributed by atoms with Crippen LogP contribution in [-0.2, 0) is 4.74 Å². The first-order valence-electron chi connectivity index (χ1n) is 15.0. The summed E-state index contributed by atoms with van der Waals surface area (Å²) in [6, 6.07) is 22.0. The Hall–Kier alpha value is -3.60. The number of ether oxygens (including phenoxy) is 3. The van der Waals surface area contributed by atoms with Crippen LogP contribution in [0.4, 0.5) is 0 Å². The zero-order chi connectivity index (χ0) is 28.0. The monoisotopic (exact) mass is 542 g/mol. The smallest absolute Gasteiger partial charge is 0.343 e. The first-order chi connectivity index (χ1) is 19.6. The van der Waals surface area contributed by atoms with E-state index in [1.165, 1.54) is 44.9 Å². The summed E-state index contributed by atoms with van der Waals surface area (Å²) in [6.45, 7) is 2.98. The molecule has 0 spiro atoms. The number of hydrogen-bond acceptors (Lipinski definition) is 5. The molecule has 5 heteroatoms. The fourth-order valence-electron chi connectivity index (χ4n) is 5.02. The Morgan fingerprint density at radius 3 is 1.80 bits per heavy atom. The highest BCUT2D eigenvalue weighted by Gasteiger charge is 2.18. The summed E-state index contributed by atoms with van der Waals surface area (Å²) < 4.78 is 17.1. The quantitative estimate of drug-likeness (QED) is 0.0932. The van der Waals surface area contributed by atoms with Crippen LogP contribution in [0.3, 0.4) is 0 Å². The molecular weight excluding hydrogens is 500 g/mol. The summed E-state index contributed by atoms with van der Waals surface area (Å²) in [4.78, 5) is 25.2. The van der Waals surface area contributed by atoms with Gasteiger partial charge in [0.2, 0.25) is 0 Å². The lowest BCUT2D eigenvalue weighted by Gasteiger charge is -2.15. The van der Waals surface area contributed by atoms with Gasteiger partial charge < -0.3 is 14.2 Å². The average Bonchev–Trinajstić information content (AvgIpc) is 3.26. The highest BCUT2D eigenvalue weighted by atomic mass is 16.5. The molecule has 3 aromatic carbocycles. The van der Waals surface area contributed by atoms with E-state index >= 15 is 0 Å². The predicted octanol–water partition coefficient (Wildman–Crippen LogP) is 9.19. The van der Waals surface area contributed by atoms with Gasteiger partial charge in [0.05, 0.1) is 17.7 Å². The first kappa shape index (κ1) is 29.4. The van der Waals surface area contributed by atoms with Crippen LogP contribution in [0.25, 0.3) is 11.1 Å². The average molecular weight is 543 g/mol. The van der Waals surface area contributed by atoms with Crippen LogP contribution in [0, 0.1) is 0 Å². The minimum Gasteiger partial charge on any atom is -0.494 e. The lowest BCUT2D eigenvalue weighted by Crippen LogP contribution is -2.17. The summed E-state index contributed by atoms with van der Waals surface area (Å²) in [5.74, 6) is 0.495. The third-order valence-electron chi connectivity index (χ3n) is 7.45. The van der Waals surface area contributed by atoms with E-state index in [4.69, 9.17) is 14.2 Å². The second-order valence-corrected chi connectivity index (χ2v) is 10.7. The maximum absolute atomic E-state index is 12.7. The highest BCUT2D eigenvalue weighted by Crippen LogP contribution is 2.25. The number of carbonyl (C=O) groups is 2. The molecule has 40 heavy (non-hydrogen) atoms. The zero-order valence-corrected chi connectivity index (χ0v) is 23.7. The summed E-state index contributed by atoms with van der Waals surface area (Å²) in [6.07, 6.45) is 14.0. The van der Waals surface area contributed by atoms with E-state index < -0.39 is 5.97 Å². The summed E-state index contributed by atoms with van der Waals surface area (Å²) in [5.41, 5.74) is 2.99. The molecule has 1 aliphatic carbocycles. The second kappa shape index (κ2) is 15.9. The number of unbranched alkanes of at least 4 members (excludes halogenated alkanes) is 5. The van der Waals surface area contributed by atoms with Crippen molar-refractivity contribution in [2.45, 2.75) is 90.1 Å². The SMILES string of the molecule is CCCCCCCCOc1ccc(-c2ccc(C(=O)Oc3ccc(C(=O)OC4CCCCCC4)cc3)cc2)cc1. The molecule has 0 radical (unpaired) electrons. The molecule has 0 amide bonds. The fraction of sp³-hybridized carbons (Fsp3) is 0.429. The molecule has 0 aliphatic heterocycles. The molecule has 0 unspecified atom stereocenters. The Morgan fingerprint density at radius 2 is 1.15 bits per heavy atom. The van der Waals surface area contributed by atoms with E-state index in [1.807, 2.05) is 36.4 Å². The minimum absolute atomic E-state index is 0.00310. The topological polar surface area (TPSA) is 61.8 Å². The molecule has 0 heterocycles. The fourth-order valence-corrected chi connectivity index (χ4v) is 5.02. The van der Waals surface area contributed by atoms with Gasteiger partial charge in [-0.25, -0.2) is 9.59 Å². The van der Waals surface area contributed by atoms with Crippen molar-refractivity contribution in [3.63, 3.8) is 0 Å². The van der Waals surface area contributed by atoms with E-state index in [2.05, 4.69) is 6.92 Å². The van der Waals surface area contributed by atoms with Crippen LogP contribution < -0.4 is 9.47 Å². The molecule has 5 nitrogen and oxygen atoms in total. The van der Waals surface area contributed by atoms with Gasteiger partial charge in [-0.2, -0.15) is 0 Å². The zero-order valence-electron chi connectivity index (χ0n) is 23.7. The molecular formula is C35H42O5. The third-order valence-corrected chi connectivity index (χ3v) is 7.45. The van der Waals surface area contributed by atoms with Crippen molar-refractivity contribution in [2.75, 3.05) is 6.61 Å². The molecule has 4 rings (SSSR count). The summed E-state index contributed by atoms with van der Waals surface area (Å²) >= 11 is 0. The minimum atomic E-state index is -0.446. The lowest BCUT2D eigenvalue weighted by atomic mass is 10.0. The van der Waals surface area contributed by atoms with Gasteiger partial charge in [0.15, 0.2) is 0 Å². The van der Waals surface area contributed by atoms with Crippen molar-refractivity contribution in [2.24, 2.45) is 0 Å². The lowest BCUT2D eigenvalue weighted by molar-refractivity contribution is 0.0267. The summed E-state index contributed by atoms with van der Waals surface area (Å²) in [7, 11) is 0. The van der Waals surface area contributed by atoms with E-state index in [1.54, 1.807) is 36.4 Å². The molecule has 0 aromatic heterocycles. The standard InChI is InChI=1S/C35H42O5/c1-2-3-4-5-8-11-26-38-31-22-18-28(19-23-31)27-14-16-29(17-15-27)34(36)40-33-24-20-30(21-25-33)35(37)39-32-12-9-6-7-10-13-32/h14-25,32H,2-13,26H2,1H3. The van der Waals surface area contributed by atoms with E-state index in [-0.39, 0.29) is 12.1 Å². The van der Waals surface area contributed by atoms with Gasteiger partial charge in [0.25, 0.3) is 0 Å². The van der Waals surface area contributed by atoms with E-state index in [0.717, 1.165) is 55.6 Å². The van der Waals surface area contributed by atoms with Crippen molar-refractivity contribution in [1.29, 1.82) is 0 Å². The molecule has 1 fully saturated rings. The molecule has 1 aliphatic rings. The van der Waals surface area contributed by atoms with Crippen molar-refractivity contribution < 1.29 is 23.8 Å². The van der Waals surface area contributed by atoms with Crippen molar-refractivity contribution >= 4 is 11.9 Å². The number of benzene rings is 3. The van der Waals surface area contributed by atoms with Gasteiger partial charge in [0, 0.05) is 0 Å². The van der Waals surface area contributed by atoms with E-state index in [0.29, 0.717) is 16.9 Å². The molecule has 0 saturated heterocycles. The van der Waals surface area contributed by atoms with Crippen LogP contribution in [0.15, 0.2) is 72.8 Å². The molecule has 3 aromatic rings. The van der Waals surface area contributed by atoms with Crippen LogP contribution in [0.1, 0.15) is 105 Å². The van der Waals surface area contributed by atoms with Gasteiger partial charge in [0.1, 0.15) is 17.6 Å². The van der Waals surface area contributed by atoms with Gasteiger partial charge in [-0.3, -0.25) is 0 Å². The van der Waals surface area contributed by atoms with Crippen LogP contribution >= 0.6 is 0 Å². The van der Waals surface area contributed by atoms with Crippen molar-refractivity contribution in [1.82, 2.24) is 0 Å². The van der Waals surface area contributed by atoms with Crippen molar-refractivity contribution in [3.05, 3.63) is 83.9 Å². The Bertz CT molecular complexity index is 1170. The molecule has 0 atom stereocenters. The van der Waals surface area contributed by atoms with Crippen LogP contribution in [0.5, 0.6) is 11.5 Å². The number of rotatable bonds is 13. The van der Waals surface area contributed by atoms with Gasteiger partial charge in [-0.05, 0) is 91.8 Å². The summed E-state index contributed by atoms with van der Waals surface area (Å²) in [5, 5.41) is 0. The Labute approximate surface area is 238 Å². The van der Waals surface area contributed by atoms with Gasteiger partial charge in [-0.1, -0.05) is 76.1 Å². The molecule has 0 bridgehead atoms. The van der Waals surface area contributed by atoms with Gasteiger partial charge in [-0.15, -0.1) is 0 Å². The Kier molecular flexibility index (Phi) is 11.6. The second-order valence-electron chi connectivity index (χ2n) is 10.7. The van der Waals surface area contributed by atoms with Crippen LogP contribution in [0.2, 0.25) is 0 Å². The Balaban J connectivity index is 1.23. The molecule has 212 valence electrons. The predicted molar refractivity (Wildman–Crippen MR) is 159 cm³/mol. The van der Waals surface area contributed by atoms with Crippen molar-refractivity contribution in [3.8, 4) is 22.6 Å². The number of esters is 2.